The lowest BCUT2D eigenvalue weighted by molar-refractivity contribution is 0.0695. The van der Waals surface area contributed by atoms with Gasteiger partial charge in [-0.1, -0.05) is 30.3 Å². The lowest BCUT2D eigenvalue weighted by Crippen LogP contribution is -1.97. The zero-order valence-corrected chi connectivity index (χ0v) is 10.8. The Balaban J connectivity index is 2.20. The van der Waals surface area contributed by atoms with Crippen LogP contribution in [0.5, 0.6) is 5.88 Å². The van der Waals surface area contributed by atoms with Crippen molar-refractivity contribution >= 4 is 22.1 Å². The molecule has 0 spiro atoms. The fourth-order valence-corrected chi connectivity index (χ4v) is 2.97. The van der Waals surface area contributed by atoms with Crippen LogP contribution in [0.2, 0.25) is 0 Å². The summed E-state index contributed by atoms with van der Waals surface area (Å²) in [6.45, 7) is 0. The molecule has 0 bridgehead atoms. The van der Waals surface area contributed by atoms with Crippen molar-refractivity contribution in [1.29, 1.82) is 0 Å². The van der Waals surface area contributed by atoms with Gasteiger partial charge in [0.15, 0.2) is 5.56 Å². The van der Waals surface area contributed by atoms with Crippen molar-refractivity contribution < 1.29 is 14.6 Å². The van der Waals surface area contributed by atoms with Crippen molar-refractivity contribution in [3.05, 3.63) is 42.1 Å². The van der Waals surface area contributed by atoms with Gasteiger partial charge in [-0.25, -0.2) is 9.31 Å². The number of benzene rings is 1. The fraction of sp³-hybridized carbons (Fsp3) is 0.0769. The summed E-state index contributed by atoms with van der Waals surface area (Å²) in [7, 11) is 1.41. The number of thiazole rings is 1. The van der Waals surface area contributed by atoms with Crippen molar-refractivity contribution in [3.63, 3.8) is 0 Å². The van der Waals surface area contributed by atoms with Crippen LogP contribution in [0.3, 0.4) is 0 Å². The van der Waals surface area contributed by atoms with Crippen LogP contribution < -0.4 is 4.74 Å². The summed E-state index contributed by atoms with van der Waals surface area (Å²) >= 11 is 1.38. The predicted molar refractivity (Wildman–Crippen MR) is 72.0 cm³/mol. The van der Waals surface area contributed by atoms with Crippen molar-refractivity contribution in [2.24, 2.45) is 0 Å². The van der Waals surface area contributed by atoms with Gasteiger partial charge in [-0.15, -0.1) is 16.4 Å². The first-order valence-corrected chi connectivity index (χ1v) is 6.37. The van der Waals surface area contributed by atoms with E-state index in [1.807, 2.05) is 36.5 Å². The summed E-state index contributed by atoms with van der Waals surface area (Å²) in [6, 6.07) is 9.77. The summed E-state index contributed by atoms with van der Waals surface area (Å²) in [5.41, 5.74) is 1.14. The van der Waals surface area contributed by atoms with Gasteiger partial charge in [-0.2, -0.15) is 0 Å². The molecular formula is C13H10N2O3S. The Bertz CT molecular complexity index is 746. The summed E-state index contributed by atoms with van der Waals surface area (Å²) < 4.78 is 6.54. The SMILES string of the molecule is COc1nn2cc(-c3ccccc3)sc2c1C(=O)O. The molecule has 19 heavy (non-hydrogen) atoms. The molecule has 2 aromatic heterocycles. The normalized spacial score (nSPS) is 10.8. The molecule has 5 nitrogen and oxygen atoms in total. The van der Waals surface area contributed by atoms with E-state index in [-0.39, 0.29) is 11.4 Å². The first-order valence-electron chi connectivity index (χ1n) is 5.55. The highest BCUT2D eigenvalue weighted by Gasteiger charge is 2.22. The molecule has 1 N–H and O–H groups in total. The molecule has 0 fully saturated rings. The van der Waals surface area contributed by atoms with Gasteiger partial charge >= 0.3 is 5.97 Å². The average molecular weight is 274 g/mol. The van der Waals surface area contributed by atoms with Crippen LogP contribution >= 0.6 is 11.3 Å². The zero-order chi connectivity index (χ0) is 13.4. The Labute approximate surface area is 112 Å². The van der Waals surface area contributed by atoms with Crippen molar-refractivity contribution in [2.75, 3.05) is 7.11 Å². The fourth-order valence-electron chi connectivity index (χ4n) is 1.89. The van der Waals surface area contributed by atoms with Gasteiger partial charge in [0, 0.05) is 6.20 Å². The highest BCUT2D eigenvalue weighted by molar-refractivity contribution is 7.21. The number of nitrogens with zero attached hydrogens (tertiary/aromatic N) is 2. The van der Waals surface area contributed by atoms with Gasteiger partial charge in [0.25, 0.3) is 0 Å². The molecule has 2 heterocycles. The molecule has 6 heteroatoms. The molecule has 0 aliphatic heterocycles. The van der Waals surface area contributed by atoms with Crippen LogP contribution in [0.1, 0.15) is 10.4 Å². The number of hydrogen-bond donors (Lipinski definition) is 1. The predicted octanol–water partition coefficient (Wildman–Crippen LogP) is 2.77. The lowest BCUT2D eigenvalue weighted by Gasteiger charge is -1.96. The largest absolute Gasteiger partial charge is 0.479 e. The van der Waals surface area contributed by atoms with Crippen LogP contribution in [-0.4, -0.2) is 27.8 Å². The van der Waals surface area contributed by atoms with E-state index < -0.39 is 5.97 Å². The average Bonchev–Trinajstić information content (AvgIpc) is 2.95. The standard InChI is InChI=1S/C13H10N2O3S/c1-18-11-10(13(16)17)12-15(14-11)7-9(19-12)8-5-3-2-4-6-8/h2-7H,1H3,(H,16,17). The van der Waals surface area contributed by atoms with E-state index in [4.69, 9.17) is 4.74 Å². The molecule has 0 radical (unpaired) electrons. The molecule has 0 atom stereocenters. The Kier molecular flexibility index (Phi) is 2.72. The van der Waals surface area contributed by atoms with Crippen molar-refractivity contribution in [1.82, 2.24) is 9.61 Å². The number of ether oxygens (including phenoxy) is 1. The summed E-state index contributed by atoms with van der Waals surface area (Å²) in [5.74, 6) is -0.897. The minimum atomic E-state index is -1.03. The smallest absolute Gasteiger partial charge is 0.344 e. The third kappa shape index (κ3) is 1.86. The third-order valence-electron chi connectivity index (χ3n) is 2.75. The third-order valence-corrected chi connectivity index (χ3v) is 3.89. The number of carbonyl (C=O) groups is 1. The first kappa shape index (κ1) is 11.7. The molecule has 0 unspecified atom stereocenters. The van der Waals surface area contributed by atoms with E-state index in [0.717, 1.165) is 10.4 Å². The van der Waals surface area contributed by atoms with Crippen LogP contribution in [-0.2, 0) is 0 Å². The number of aromatic nitrogens is 2. The molecule has 0 saturated heterocycles. The van der Waals surface area contributed by atoms with Gasteiger partial charge in [0.05, 0.1) is 12.0 Å². The van der Waals surface area contributed by atoms with Gasteiger partial charge in [0.2, 0.25) is 5.88 Å². The van der Waals surface area contributed by atoms with Crippen molar-refractivity contribution in [2.45, 2.75) is 0 Å². The summed E-state index contributed by atoms with van der Waals surface area (Å²) in [4.78, 5) is 12.8. The number of carboxylic acids is 1. The lowest BCUT2D eigenvalue weighted by atomic mass is 10.2. The minimum absolute atomic E-state index is 0.106. The molecule has 3 aromatic rings. The molecule has 0 aliphatic rings. The molecule has 0 saturated carbocycles. The molecular weight excluding hydrogens is 264 g/mol. The second-order valence-electron chi connectivity index (χ2n) is 3.90. The quantitative estimate of drug-likeness (QED) is 0.797. The Morgan fingerprint density at radius 1 is 1.37 bits per heavy atom. The maximum atomic E-state index is 11.3. The number of rotatable bonds is 3. The van der Waals surface area contributed by atoms with Gasteiger partial charge in [-0.3, -0.25) is 0 Å². The highest BCUT2D eigenvalue weighted by atomic mass is 32.1. The topological polar surface area (TPSA) is 63.8 Å². The zero-order valence-electron chi connectivity index (χ0n) is 10.0. The van der Waals surface area contributed by atoms with Crippen molar-refractivity contribution in [3.8, 4) is 16.3 Å². The minimum Gasteiger partial charge on any atom is -0.479 e. The Morgan fingerprint density at radius 2 is 2.11 bits per heavy atom. The maximum absolute atomic E-state index is 11.3. The van der Waals surface area contributed by atoms with E-state index in [9.17, 15) is 9.90 Å². The Morgan fingerprint density at radius 3 is 2.74 bits per heavy atom. The van der Waals surface area contributed by atoms with Gasteiger partial charge in [-0.05, 0) is 5.56 Å². The van der Waals surface area contributed by atoms with Crippen LogP contribution in [0.4, 0.5) is 0 Å². The number of methoxy groups -OCH3 is 1. The number of aromatic carboxylic acids is 1. The first-order chi connectivity index (χ1) is 9.20. The van der Waals surface area contributed by atoms with Crippen LogP contribution in [0.15, 0.2) is 36.5 Å². The molecule has 3 rings (SSSR count). The highest BCUT2D eigenvalue weighted by Crippen LogP contribution is 2.33. The van der Waals surface area contributed by atoms with Crippen LogP contribution in [0.25, 0.3) is 15.3 Å². The van der Waals surface area contributed by atoms with E-state index in [1.165, 1.54) is 18.4 Å². The number of fused-ring (bicyclic) bond motifs is 1. The maximum Gasteiger partial charge on any atom is 0.344 e. The van der Waals surface area contributed by atoms with Gasteiger partial charge in [0.1, 0.15) is 4.83 Å². The summed E-state index contributed by atoms with van der Waals surface area (Å²) in [6.07, 6.45) is 1.81. The summed E-state index contributed by atoms with van der Waals surface area (Å²) in [5, 5.41) is 13.4. The second kappa shape index (κ2) is 4.40. The monoisotopic (exact) mass is 274 g/mol. The van der Waals surface area contributed by atoms with E-state index in [1.54, 1.807) is 4.52 Å². The Hall–Kier alpha value is -2.34. The van der Waals surface area contributed by atoms with Gasteiger partial charge < -0.3 is 9.84 Å². The number of carboxylic acid groups (broad SMARTS) is 1. The second-order valence-corrected chi connectivity index (χ2v) is 4.93. The number of hydrogen-bond acceptors (Lipinski definition) is 4. The molecule has 0 amide bonds. The molecule has 96 valence electrons. The van der Waals surface area contributed by atoms with E-state index in [2.05, 4.69) is 5.10 Å². The van der Waals surface area contributed by atoms with E-state index >= 15 is 0 Å². The molecule has 0 aliphatic carbocycles. The van der Waals surface area contributed by atoms with Crippen LogP contribution in [0, 0.1) is 0 Å². The molecule has 1 aromatic carbocycles. The van der Waals surface area contributed by atoms with E-state index in [0.29, 0.717) is 4.83 Å².